The van der Waals surface area contributed by atoms with Gasteiger partial charge in [-0.3, -0.25) is 4.79 Å². The molecule has 1 aliphatic heterocycles. The van der Waals surface area contributed by atoms with Crippen molar-refractivity contribution >= 4 is 28.4 Å². The molecule has 1 N–H and O–H groups in total. The summed E-state index contributed by atoms with van der Waals surface area (Å²) >= 11 is 0. The molecule has 0 spiro atoms. The van der Waals surface area contributed by atoms with E-state index in [4.69, 9.17) is 14.5 Å². The Morgan fingerprint density at radius 2 is 1.74 bits per heavy atom. The standard InChI is InChI=1S/C24H28N4O3/c1-3-30-21-14-8-7-13-20(21)26-23(29)17-10-9-15-28(16-17)22-24(31-4-2)27-19-12-6-5-11-18(19)25-22/h5-8,11-14,17H,3-4,9-10,15-16H2,1-2H3,(H,26,29)/t17-/m1/s1. The summed E-state index contributed by atoms with van der Waals surface area (Å²) in [6.07, 6.45) is 1.72. The summed E-state index contributed by atoms with van der Waals surface area (Å²) < 4.78 is 11.4. The predicted molar refractivity (Wildman–Crippen MR) is 122 cm³/mol. The van der Waals surface area contributed by atoms with Crippen LogP contribution in [0, 0.1) is 5.92 Å². The van der Waals surface area contributed by atoms with Crippen molar-refractivity contribution in [3.8, 4) is 11.6 Å². The van der Waals surface area contributed by atoms with E-state index in [1.165, 1.54) is 0 Å². The number of hydrogen-bond acceptors (Lipinski definition) is 6. The van der Waals surface area contributed by atoms with E-state index in [9.17, 15) is 4.79 Å². The van der Waals surface area contributed by atoms with Crippen LogP contribution in [0.4, 0.5) is 11.5 Å². The van der Waals surface area contributed by atoms with Gasteiger partial charge < -0.3 is 19.7 Å². The lowest BCUT2D eigenvalue weighted by atomic mass is 9.97. The first-order valence-corrected chi connectivity index (χ1v) is 10.9. The topological polar surface area (TPSA) is 76.6 Å². The number of carbonyl (C=O) groups is 1. The molecule has 1 aliphatic rings. The maximum atomic E-state index is 13.1. The molecule has 162 valence electrons. The van der Waals surface area contributed by atoms with Crippen molar-refractivity contribution in [2.75, 3.05) is 36.5 Å². The van der Waals surface area contributed by atoms with Crippen molar-refractivity contribution in [3.63, 3.8) is 0 Å². The number of benzene rings is 2. The lowest BCUT2D eigenvalue weighted by Gasteiger charge is -2.33. The van der Waals surface area contributed by atoms with Crippen molar-refractivity contribution in [2.45, 2.75) is 26.7 Å². The molecule has 1 saturated heterocycles. The van der Waals surface area contributed by atoms with Crippen LogP contribution in [0.2, 0.25) is 0 Å². The number of anilines is 2. The van der Waals surface area contributed by atoms with Gasteiger partial charge in [0, 0.05) is 13.1 Å². The Morgan fingerprint density at radius 3 is 2.52 bits per heavy atom. The van der Waals surface area contributed by atoms with Crippen molar-refractivity contribution in [2.24, 2.45) is 5.92 Å². The van der Waals surface area contributed by atoms with Crippen LogP contribution in [0.25, 0.3) is 11.0 Å². The van der Waals surface area contributed by atoms with Gasteiger partial charge in [-0.2, -0.15) is 0 Å². The Kier molecular flexibility index (Phi) is 6.50. The molecule has 0 unspecified atom stereocenters. The van der Waals surface area contributed by atoms with E-state index in [2.05, 4.69) is 15.2 Å². The zero-order valence-corrected chi connectivity index (χ0v) is 18.0. The first-order valence-electron chi connectivity index (χ1n) is 10.9. The average molecular weight is 421 g/mol. The molecule has 1 atom stereocenters. The van der Waals surface area contributed by atoms with Crippen LogP contribution in [-0.2, 0) is 4.79 Å². The highest BCUT2D eigenvalue weighted by molar-refractivity contribution is 5.94. The second kappa shape index (κ2) is 9.64. The summed E-state index contributed by atoms with van der Waals surface area (Å²) in [5.74, 6) is 1.73. The summed E-state index contributed by atoms with van der Waals surface area (Å²) in [7, 11) is 0. The van der Waals surface area contributed by atoms with Crippen LogP contribution in [0.1, 0.15) is 26.7 Å². The number of ether oxygens (including phenoxy) is 2. The maximum Gasteiger partial charge on any atom is 0.258 e. The highest BCUT2D eigenvalue weighted by atomic mass is 16.5. The van der Waals surface area contributed by atoms with Gasteiger partial charge in [0.15, 0.2) is 5.82 Å². The molecular weight excluding hydrogens is 392 g/mol. The van der Waals surface area contributed by atoms with Crippen molar-refractivity contribution in [1.29, 1.82) is 0 Å². The summed E-state index contributed by atoms with van der Waals surface area (Å²) in [6.45, 7) is 6.29. The molecule has 7 nitrogen and oxygen atoms in total. The Hall–Kier alpha value is -3.35. The number of carbonyl (C=O) groups excluding carboxylic acids is 1. The summed E-state index contributed by atoms with van der Waals surface area (Å²) in [6, 6.07) is 15.3. The molecule has 1 aromatic heterocycles. The van der Waals surface area contributed by atoms with Gasteiger partial charge in [0.25, 0.3) is 5.88 Å². The van der Waals surface area contributed by atoms with Gasteiger partial charge in [-0.1, -0.05) is 24.3 Å². The summed E-state index contributed by atoms with van der Waals surface area (Å²) in [5, 5.41) is 3.05. The minimum atomic E-state index is -0.161. The van der Waals surface area contributed by atoms with Crippen molar-refractivity contribution in [3.05, 3.63) is 48.5 Å². The van der Waals surface area contributed by atoms with Crippen LogP contribution in [0.15, 0.2) is 48.5 Å². The van der Waals surface area contributed by atoms with Gasteiger partial charge in [0.2, 0.25) is 5.91 Å². The molecule has 31 heavy (non-hydrogen) atoms. The van der Waals surface area contributed by atoms with E-state index in [-0.39, 0.29) is 11.8 Å². The van der Waals surface area contributed by atoms with Crippen molar-refractivity contribution < 1.29 is 14.3 Å². The third-order valence-electron chi connectivity index (χ3n) is 5.34. The molecule has 0 aliphatic carbocycles. The summed E-state index contributed by atoms with van der Waals surface area (Å²) in [5.41, 5.74) is 2.32. The SMILES string of the molecule is CCOc1ccccc1NC(=O)[C@@H]1CCCN(c2nc3ccccc3nc2OCC)C1. The molecular formula is C24H28N4O3. The number of piperidine rings is 1. The Labute approximate surface area is 182 Å². The molecule has 1 amide bonds. The predicted octanol–water partition coefficient (Wildman–Crippen LogP) is 4.28. The van der Waals surface area contributed by atoms with E-state index >= 15 is 0 Å². The number of nitrogens with zero attached hydrogens (tertiary/aromatic N) is 3. The van der Waals surface area contributed by atoms with Crippen LogP contribution in [0.5, 0.6) is 11.6 Å². The maximum absolute atomic E-state index is 13.1. The number of aromatic nitrogens is 2. The van der Waals surface area contributed by atoms with Gasteiger partial charge in [-0.05, 0) is 51.0 Å². The normalized spacial score (nSPS) is 16.2. The average Bonchev–Trinajstić information content (AvgIpc) is 2.80. The molecule has 2 aromatic carbocycles. The lowest BCUT2D eigenvalue weighted by Crippen LogP contribution is -2.41. The van der Waals surface area contributed by atoms with Gasteiger partial charge in [0.1, 0.15) is 5.75 Å². The van der Waals surface area contributed by atoms with E-state index in [0.717, 1.165) is 30.4 Å². The molecule has 0 bridgehead atoms. The lowest BCUT2D eigenvalue weighted by molar-refractivity contribution is -0.120. The first-order chi connectivity index (χ1) is 15.2. The van der Waals surface area contributed by atoms with E-state index in [0.29, 0.717) is 42.9 Å². The van der Waals surface area contributed by atoms with Crippen LogP contribution in [0.3, 0.4) is 0 Å². The molecule has 0 radical (unpaired) electrons. The number of nitrogens with one attached hydrogen (secondary N) is 1. The minimum Gasteiger partial charge on any atom is -0.492 e. The first kappa shape index (κ1) is 20.9. The van der Waals surface area contributed by atoms with Crippen LogP contribution < -0.4 is 19.7 Å². The number of fused-ring (bicyclic) bond motifs is 1. The Bertz CT molecular complexity index is 1060. The number of para-hydroxylation sites is 4. The summed E-state index contributed by atoms with van der Waals surface area (Å²) in [4.78, 5) is 24.7. The van der Waals surface area contributed by atoms with Gasteiger partial charge in [-0.15, -0.1) is 0 Å². The van der Waals surface area contributed by atoms with Crippen molar-refractivity contribution in [1.82, 2.24) is 9.97 Å². The third-order valence-corrected chi connectivity index (χ3v) is 5.34. The molecule has 0 saturated carbocycles. The number of amides is 1. The molecule has 3 aromatic rings. The van der Waals surface area contributed by atoms with E-state index in [1.54, 1.807) is 0 Å². The molecule has 7 heteroatoms. The van der Waals surface area contributed by atoms with Crippen LogP contribution >= 0.6 is 0 Å². The Morgan fingerprint density at radius 1 is 1.03 bits per heavy atom. The van der Waals surface area contributed by atoms with Gasteiger partial charge in [-0.25, -0.2) is 9.97 Å². The largest absolute Gasteiger partial charge is 0.492 e. The number of hydrogen-bond donors (Lipinski definition) is 1. The van der Waals surface area contributed by atoms with E-state index in [1.807, 2.05) is 62.4 Å². The van der Waals surface area contributed by atoms with Gasteiger partial charge in [0.05, 0.1) is 35.9 Å². The van der Waals surface area contributed by atoms with Gasteiger partial charge >= 0.3 is 0 Å². The van der Waals surface area contributed by atoms with Crippen LogP contribution in [-0.4, -0.2) is 42.2 Å². The zero-order valence-electron chi connectivity index (χ0n) is 18.0. The molecule has 4 rings (SSSR count). The fourth-order valence-electron chi connectivity index (χ4n) is 3.88. The highest BCUT2D eigenvalue weighted by Crippen LogP contribution is 2.31. The highest BCUT2D eigenvalue weighted by Gasteiger charge is 2.29. The zero-order chi connectivity index (χ0) is 21.6. The second-order valence-corrected chi connectivity index (χ2v) is 7.48. The third kappa shape index (κ3) is 4.71. The minimum absolute atomic E-state index is 0.0106. The quantitative estimate of drug-likeness (QED) is 0.615. The molecule has 1 fully saturated rings. The Balaban J connectivity index is 1.55. The fourth-order valence-corrected chi connectivity index (χ4v) is 3.88. The smallest absolute Gasteiger partial charge is 0.258 e. The number of rotatable bonds is 7. The second-order valence-electron chi connectivity index (χ2n) is 7.48. The monoisotopic (exact) mass is 420 g/mol. The molecule has 2 heterocycles. The van der Waals surface area contributed by atoms with E-state index < -0.39 is 0 Å². The fraction of sp³-hybridized carbons (Fsp3) is 0.375.